The third-order valence-electron chi connectivity index (χ3n) is 6.36. The second-order valence-corrected chi connectivity index (χ2v) is 12.5. The molecule has 0 heterocycles. The van der Waals surface area contributed by atoms with Crippen molar-refractivity contribution >= 4 is 53.8 Å². The van der Waals surface area contributed by atoms with Gasteiger partial charge in [0, 0.05) is 17.1 Å². The molecule has 11 nitrogen and oxygen atoms in total. The van der Waals surface area contributed by atoms with Crippen molar-refractivity contribution < 1.29 is 31.0 Å². The third-order valence-corrected chi connectivity index (χ3v) is 8.15. The number of nitrogens with two attached hydrogens (primary N) is 1. The second-order valence-electron chi connectivity index (χ2n) is 9.73. The first kappa shape index (κ1) is 29.0. The number of nitrogen functional groups attached to an aromatic ring is 1. The van der Waals surface area contributed by atoms with Gasteiger partial charge in [-0.1, -0.05) is 18.2 Å². The molecule has 4 aromatic carbocycles. The number of fused-ring (bicyclic) bond motifs is 1. The molecule has 0 aliphatic heterocycles. The van der Waals surface area contributed by atoms with Crippen LogP contribution in [0.3, 0.4) is 0 Å². The van der Waals surface area contributed by atoms with Crippen LogP contribution in [0.1, 0.15) is 25.0 Å². The number of aryl methyl sites for hydroxylation is 2. The molecule has 0 aliphatic rings. The number of benzene rings is 4. The largest absolute Gasteiger partial charge is 0.505 e. The fourth-order valence-corrected chi connectivity index (χ4v) is 5.87. The van der Waals surface area contributed by atoms with Gasteiger partial charge in [-0.15, -0.1) is 0 Å². The Bertz CT molecular complexity index is 1860. The van der Waals surface area contributed by atoms with Crippen molar-refractivity contribution in [1.29, 1.82) is 0 Å². The molecule has 212 valence electrons. The molecule has 4 rings (SSSR count). The molecule has 0 unspecified atom stereocenters. The lowest BCUT2D eigenvalue weighted by atomic mass is 10.00. The summed E-state index contributed by atoms with van der Waals surface area (Å²) in [7, 11) is -9.93. The summed E-state index contributed by atoms with van der Waals surface area (Å²) in [5, 5.41) is 13.7. The van der Waals surface area contributed by atoms with Gasteiger partial charge in [0.1, 0.15) is 15.5 Å². The molecule has 0 aromatic heterocycles. The molecule has 0 saturated heterocycles. The highest BCUT2D eigenvalue weighted by atomic mass is 32.2. The van der Waals surface area contributed by atoms with Gasteiger partial charge in [0.25, 0.3) is 20.2 Å². The van der Waals surface area contributed by atoms with Crippen LogP contribution < -0.4 is 21.9 Å². The number of hydrazine groups is 1. The topological polar surface area (TPSA) is 191 Å². The molecule has 13 heteroatoms. The Morgan fingerprint density at radius 3 is 1.73 bits per heavy atom. The van der Waals surface area contributed by atoms with Crippen LogP contribution in [0.15, 0.2) is 64.4 Å². The summed E-state index contributed by atoms with van der Waals surface area (Å²) in [5.74, 6) is -0.599. The van der Waals surface area contributed by atoms with Gasteiger partial charge in [0.05, 0.1) is 22.4 Å². The first-order valence-corrected chi connectivity index (χ1v) is 15.0. The summed E-state index contributed by atoms with van der Waals surface area (Å²) in [5.41, 5.74) is 16.9. The quantitative estimate of drug-likeness (QED) is 0.0624. The Balaban J connectivity index is 1.67. The van der Waals surface area contributed by atoms with Crippen LogP contribution in [0.4, 0.5) is 22.7 Å². The van der Waals surface area contributed by atoms with Crippen LogP contribution in [-0.4, -0.2) is 37.1 Å². The van der Waals surface area contributed by atoms with Crippen LogP contribution in [-0.2, 0) is 20.2 Å². The van der Waals surface area contributed by atoms with Crippen LogP contribution in [0, 0.1) is 13.8 Å². The molecule has 0 saturated carbocycles. The minimum absolute atomic E-state index is 0.0281. The van der Waals surface area contributed by atoms with Gasteiger partial charge < -0.3 is 21.6 Å². The fourth-order valence-electron chi connectivity index (χ4n) is 4.43. The Labute approximate surface area is 232 Å². The first-order chi connectivity index (χ1) is 18.6. The van der Waals surface area contributed by atoms with E-state index in [9.17, 15) is 31.0 Å². The second kappa shape index (κ2) is 10.5. The van der Waals surface area contributed by atoms with Gasteiger partial charge in [-0.2, -0.15) is 16.8 Å². The van der Waals surface area contributed by atoms with Crippen molar-refractivity contribution in [1.82, 2.24) is 0 Å². The van der Waals surface area contributed by atoms with E-state index in [4.69, 9.17) is 5.73 Å². The summed E-state index contributed by atoms with van der Waals surface area (Å²) in [6.45, 7) is 8.10. The first-order valence-electron chi connectivity index (χ1n) is 12.1. The van der Waals surface area contributed by atoms with E-state index in [1.54, 1.807) is 0 Å². The maximum absolute atomic E-state index is 11.9. The summed E-state index contributed by atoms with van der Waals surface area (Å²) >= 11 is 0. The highest BCUT2D eigenvalue weighted by molar-refractivity contribution is 7.87. The summed E-state index contributed by atoms with van der Waals surface area (Å²) in [6, 6.07) is 15.4. The molecular formula is C27H30N4O7S2. The average molecular weight is 587 g/mol. The summed E-state index contributed by atoms with van der Waals surface area (Å²) in [4.78, 5) is -1.81. The SMILES string of the molecule is Cc1cc(-c2ccc(NC(C)C)c(C)c2)ccc1NNc1ccc2c(S(=O)(=O)O)cc(S(=O)(=O)O)c(N)c2c1O. The molecule has 4 aromatic rings. The normalized spacial score (nSPS) is 12.1. The van der Waals surface area contributed by atoms with E-state index in [0.29, 0.717) is 17.8 Å². The molecule has 0 amide bonds. The van der Waals surface area contributed by atoms with E-state index in [2.05, 4.69) is 36.1 Å². The van der Waals surface area contributed by atoms with E-state index in [0.717, 1.165) is 27.9 Å². The van der Waals surface area contributed by atoms with Crippen LogP contribution in [0.5, 0.6) is 5.75 Å². The monoisotopic (exact) mass is 586 g/mol. The van der Waals surface area contributed by atoms with Crippen molar-refractivity contribution in [3.63, 3.8) is 0 Å². The Hall–Kier alpha value is -4.04. The van der Waals surface area contributed by atoms with Crippen LogP contribution in [0.25, 0.3) is 21.9 Å². The fraction of sp³-hybridized carbons (Fsp3) is 0.185. The van der Waals surface area contributed by atoms with E-state index in [1.165, 1.54) is 12.1 Å². The zero-order chi connectivity index (χ0) is 29.6. The number of hydrogen-bond acceptors (Lipinski definition) is 9. The van der Waals surface area contributed by atoms with Crippen LogP contribution >= 0.6 is 0 Å². The number of rotatable bonds is 8. The third kappa shape index (κ3) is 5.77. The van der Waals surface area contributed by atoms with Gasteiger partial charge in [0.2, 0.25) is 0 Å². The maximum atomic E-state index is 11.9. The molecule has 0 spiro atoms. The van der Waals surface area contributed by atoms with E-state index >= 15 is 0 Å². The number of anilines is 4. The lowest BCUT2D eigenvalue weighted by Crippen LogP contribution is -2.11. The molecule has 0 bridgehead atoms. The van der Waals surface area contributed by atoms with Gasteiger partial charge >= 0.3 is 0 Å². The highest BCUT2D eigenvalue weighted by Crippen LogP contribution is 2.42. The van der Waals surface area contributed by atoms with E-state index < -0.39 is 41.5 Å². The number of hydrogen-bond donors (Lipinski definition) is 7. The smallest absolute Gasteiger partial charge is 0.296 e. The van der Waals surface area contributed by atoms with Gasteiger partial charge in [-0.25, -0.2) is 0 Å². The average Bonchev–Trinajstić information content (AvgIpc) is 2.83. The molecule has 0 fully saturated rings. The van der Waals surface area contributed by atoms with E-state index in [1.807, 2.05) is 44.2 Å². The molecular weight excluding hydrogens is 556 g/mol. The predicted octanol–water partition coefficient (Wildman–Crippen LogP) is 5.16. The molecule has 0 aliphatic carbocycles. The minimum atomic E-state index is -4.99. The van der Waals surface area contributed by atoms with Crippen LogP contribution in [0.2, 0.25) is 0 Å². The number of phenols is 1. The number of aromatic hydroxyl groups is 1. The minimum Gasteiger partial charge on any atom is -0.505 e. The van der Waals surface area contributed by atoms with Crippen molar-refractivity contribution in [2.24, 2.45) is 0 Å². The molecule has 0 radical (unpaired) electrons. The summed E-state index contributed by atoms with van der Waals surface area (Å²) in [6.07, 6.45) is 0. The Morgan fingerprint density at radius 1 is 0.725 bits per heavy atom. The maximum Gasteiger partial charge on any atom is 0.296 e. The highest BCUT2D eigenvalue weighted by Gasteiger charge is 2.26. The Kier molecular flexibility index (Phi) is 7.60. The molecule has 40 heavy (non-hydrogen) atoms. The zero-order valence-electron chi connectivity index (χ0n) is 22.1. The lowest BCUT2D eigenvalue weighted by molar-refractivity contribution is 0.481. The van der Waals surface area contributed by atoms with Crippen molar-refractivity contribution in [3.05, 3.63) is 65.7 Å². The summed E-state index contributed by atoms with van der Waals surface area (Å²) < 4.78 is 66.6. The zero-order valence-corrected chi connectivity index (χ0v) is 23.8. The van der Waals surface area contributed by atoms with Gasteiger partial charge in [-0.05, 0) is 86.3 Å². The van der Waals surface area contributed by atoms with Gasteiger partial charge in [-0.3, -0.25) is 14.5 Å². The van der Waals surface area contributed by atoms with E-state index in [-0.39, 0.29) is 16.5 Å². The molecule has 8 N–H and O–H groups in total. The van der Waals surface area contributed by atoms with Crippen molar-refractivity contribution in [3.8, 4) is 16.9 Å². The standard InChI is InChI=1S/C27H30N4O7S2/c1-14(2)29-20-8-5-17(11-15(20)3)18-6-9-21(16(4)12-18)30-31-22-10-7-19-23(39(33,34)35)13-24(40(36,37)38)26(28)25(19)27(22)32/h5-14,29-32H,28H2,1-4H3,(H,33,34,35)(H,36,37,38). The van der Waals surface area contributed by atoms with Crippen molar-refractivity contribution in [2.45, 2.75) is 43.5 Å². The predicted molar refractivity (Wildman–Crippen MR) is 157 cm³/mol. The van der Waals surface area contributed by atoms with Crippen molar-refractivity contribution in [2.75, 3.05) is 21.9 Å². The lowest BCUT2D eigenvalue weighted by Gasteiger charge is -2.18. The number of nitrogens with one attached hydrogen (secondary N) is 3. The van der Waals surface area contributed by atoms with Gasteiger partial charge in [0.15, 0.2) is 0 Å². The molecule has 0 atom stereocenters. The Morgan fingerprint density at radius 2 is 1.23 bits per heavy atom. The number of phenolic OH excluding ortho intramolecular Hbond substituents is 1.